The lowest BCUT2D eigenvalue weighted by molar-refractivity contribution is -0.308. The molecule has 2 saturated heterocycles. The minimum atomic E-state index is -5.78. The highest BCUT2D eigenvalue weighted by molar-refractivity contribution is 5.95. The molecular weight excluding hydrogens is 472 g/mol. The number of rotatable bonds is 2. The number of carbonyl (C=O) groups excluding carboxylic acids is 2. The molecule has 0 saturated carbocycles. The molecular formula is C20H21F6N5O3. The first-order valence-electron chi connectivity index (χ1n) is 10.5. The van der Waals surface area contributed by atoms with Gasteiger partial charge in [0, 0.05) is 31.4 Å². The third-order valence-corrected chi connectivity index (χ3v) is 6.38. The van der Waals surface area contributed by atoms with Gasteiger partial charge in [-0.3, -0.25) is 4.79 Å². The molecule has 0 bridgehead atoms. The Morgan fingerprint density at radius 1 is 1.06 bits per heavy atom. The molecule has 1 spiro atoms. The molecule has 2 aromatic rings. The lowest BCUT2D eigenvalue weighted by Crippen LogP contribution is -2.56. The highest BCUT2D eigenvalue weighted by Crippen LogP contribution is 2.41. The van der Waals surface area contributed by atoms with Gasteiger partial charge in [0.1, 0.15) is 0 Å². The van der Waals surface area contributed by atoms with Gasteiger partial charge in [-0.25, -0.2) is 14.3 Å². The van der Waals surface area contributed by atoms with Crippen molar-refractivity contribution in [3.8, 4) is 0 Å². The number of alkyl halides is 6. The smallest absolute Gasteiger partial charge is 0.426 e. The van der Waals surface area contributed by atoms with Gasteiger partial charge < -0.3 is 14.5 Å². The molecule has 2 aliphatic rings. The van der Waals surface area contributed by atoms with Crippen molar-refractivity contribution in [2.45, 2.75) is 56.6 Å². The number of likely N-dealkylation sites (tertiary alicyclic amines) is 2. The van der Waals surface area contributed by atoms with Gasteiger partial charge in [0.05, 0.1) is 5.69 Å². The molecule has 8 nitrogen and oxygen atoms in total. The number of aryl methyl sites for hydroxylation is 1. The monoisotopic (exact) mass is 493 g/mol. The average molecular weight is 493 g/mol. The molecule has 2 aromatic heterocycles. The van der Waals surface area contributed by atoms with E-state index in [9.17, 15) is 35.9 Å². The summed E-state index contributed by atoms with van der Waals surface area (Å²) in [6.45, 7) is 1.82. The summed E-state index contributed by atoms with van der Waals surface area (Å²) in [6.07, 6.45) is -14.3. The summed E-state index contributed by atoms with van der Waals surface area (Å²) in [7, 11) is 0. The fourth-order valence-corrected chi connectivity index (χ4v) is 4.75. The fraction of sp³-hybridized carbons (Fsp3) is 0.600. The molecule has 34 heavy (non-hydrogen) atoms. The number of imidazole rings is 1. The summed E-state index contributed by atoms with van der Waals surface area (Å²) >= 11 is 0. The van der Waals surface area contributed by atoms with Crippen LogP contribution in [0.3, 0.4) is 0 Å². The number of hydrogen-bond donors (Lipinski definition) is 0. The van der Waals surface area contributed by atoms with Gasteiger partial charge in [-0.2, -0.15) is 31.4 Å². The van der Waals surface area contributed by atoms with Gasteiger partial charge in [0.15, 0.2) is 11.3 Å². The number of ether oxygens (including phenoxy) is 1. The Labute approximate surface area is 189 Å². The van der Waals surface area contributed by atoms with Crippen molar-refractivity contribution in [3.63, 3.8) is 0 Å². The van der Waals surface area contributed by atoms with Gasteiger partial charge in [0.25, 0.3) is 12.0 Å². The fourth-order valence-electron chi connectivity index (χ4n) is 4.75. The maximum atomic E-state index is 13.5. The summed E-state index contributed by atoms with van der Waals surface area (Å²) in [5.41, 5.74) is 0.597. The molecule has 14 heteroatoms. The standard InChI is InChI=1S/C20H21F6N5O3/c1-12-14(31-13(28-12)4-2-8-27-31)15(32)30-9-3-5-18(30)6-10-29(11-7-18)17(33)34-16(19(21,22)23)20(24,25)26/h2,4,8,16H,3,5-7,9-11H2,1H3. The first-order chi connectivity index (χ1) is 15.8. The maximum absolute atomic E-state index is 13.5. The van der Waals surface area contributed by atoms with Crippen LogP contribution in [0.5, 0.6) is 0 Å². The number of piperidine rings is 1. The van der Waals surface area contributed by atoms with E-state index in [0.29, 0.717) is 30.7 Å². The van der Waals surface area contributed by atoms with Crippen LogP contribution in [0.1, 0.15) is 41.9 Å². The number of hydrogen-bond acceptors (Lipinski definition) is 5. The number of amides is 2. The lowest BCUT2D eigenvalue weighted by atomic mass is 9.85. The van der Waals surface area contributed by atoms with Crippen LogP contribution in [-0.2, 0) is 4.74 Å². The largest absolute Gasteiger partial charge is 0.434 e. The second-order valence-corrected chi connectivity index (χ2v) is 8.46. The Kier molecular flexibility index (Phi) is 5.88. The van der Waals surface area contributed by atoms with E-state index >= 15 is 0 Å². The van der Waals surface area contributed by atoms with E-state index in [1.165, 1.54) is 10.7 Å². The zero-order chi connectivity index (χ0) is 24.9. The van der Waals surface area contributed by atoms with Crippen LogP contribution in [0.25, 0.3) is 5.65 Å². The van der Waals surface area contributed by atoms with Gasteiger partial charge in [-0.05, 0) is 44.7 Å². The van der Waals surface area contributed by atoms with E-state index in [0.717, 1.165) is 4.90 Å². The summed E-state index contributed by atoms with van der Waals surface area (Å²) in [5, 5.41) is 4.18. The van der Waals surface area contributed by atoms with E-state index in [1.807, 2.05) is 0 Å². The Morgan fingerprint density at radius 2 is 1.71 bits per heavy atom. The Balaban J connectivity index is 1.48. The van der Waals surface area contributed by atoms with Crippen LogP contribution < -0.4 is 0 Å². The summed E-state index contributed by atoms with van der Waals surface area (Å²) in [4.78, 5) is 32.4. The zero-order valence-corrected chi connectivity index (χ0v) is 18.0. The Hall–Kier alpha value is -3.06. The average Bonchev–Trinajstić information content (AvgIpc) is 3.30. The van der Waals surface area contributed by atoms with E-state index < -0.39 is 30.1 Å². The summed E-state index contributed by atoms with van der Waals surface area (Å²) < 4.78 is 81.6. The second-order valence-electron chi connectivity index (χ2n) is 8.46. The van der Waals surface area contributed by atoms with Crippen molar-refractivity contribution in [3.05, 3.63) is 29.7 Å². The van der Waals surface area contributed by atoms with Crippen LogP contribution in [0, 0.1) is 6.92 Å². The Morgan fingerprint density at radius 3 is 2.32 bits per heavy atom. The van der Waals surface area contributed by atoms with Crippen LogP contribution in [-0.4, -0.2) is 80.0 Å². The number of carbonyl (C=O) groups is 2. The SMILES string of the molecule is Cc1nc2cccnn2c1C(=O)N1CCCC12CCN(C(=O)OC(C(F)(F)F)C(F)(F)F)CC2. The van der Waals surface area contributed by atoms with Crippen molar-refractivity contribution in [2.75, 3.05) is 19.6 Å². The second kappa shape index (κ2) is 8.31. The third kappa shape index (κ3) is 4.25. The van der Waals surface area contributed by atoms with Crippen LogP contribution in [0.15, 0.2) is 18.3 Å². The predicted octanol–water partition coefficient (Wildman–Crippen LogP) is 3.74. The highest BCUT2D eigenvalue weighted by Gasteiger charge is 2.60. The highest BCUT2D eigenvalue weighted by atomic mass is 19.4. The van der Waals surface area contributed by atoms with Gasteiger partial charge in [0.2, 0.25) is 0 Å². The minimum absolute atomic E-state index is 0.143. The van der Waals surface area contributed by atoms with E-state index in [4.69, 9.17) is 0 Å². The molecule has 186 valence electrons. The third-order valence-electron chi connectivity index (χ3n) is 6.38. The molecule has 4 rings (SSSR count). The van der Waals surface area contributed by atoms with E-state index in [1.54, 1.807) is 24.0 Å². The number of aromatic nitrogens is 3. The molecule has 2 fully saturated rings. The van der Waals surface area contributed by atoms with Crippen molar-refractivity contribution >= 4 is 17.6 Å². The molecule has 2 amide bonds. The number of nitrogens with zero attached hydrogens (tertiary/aromatic N) is 5. The number of halogens is 6. The molecule has 2 aliphatic heterocycles. The Bertz CT molecular complexity index is 1080. The summed E-state index contributed by atoms with van der Waals surface area (Å²) in [5.74, 6) is -0.313. The zero-order valence-electron chi connectivity index (χ0n) is 18.0. The van der Waals surface area contributed by atoms with Crippen molar-refractivity contribution < 1.29 is 40.7 Å². The molecule has 4 heterocycles. The van der Waals surface area contributed by atoms with Gasteiger partial charge >= 0.3 is 18.4 Å². The van der Waals surface area contributed by atoms with Crippen LogP contribution in [0.2, 0.25) is 0 Å². The van der Waals surface area contributed by atoms with Gasteiger partial charge in [-0.15, -0.1) is 0 Å². The van der Waals surface area contributed by atoms with E-state index in [-0.39, 0.29) is 37.5 Å². The molecule has 0 aromatic carbocycles. The van der Waals surface area contributed by atoms with Crippen molar-refractivity contribution in [1.82, 2.24) is 24.4 Å². The molecule has 0 unspecified atom stereocenters. The molecule has 0 radical (unpaired) electrons. The van der Waals surface area contributed by atoms with Crippen molar-refractivity contribution in [1.29, 1.82) is 0 Å². The number of fused-ring (bicyclic) bond motifs is 1. The van der Waals surface area contributed by atoms with E-state index in [2.05, 4.69) is 14.8 Å². The van der Waals surface area contributed by atoms with Crippen molar-refractivity contribution in [2.24, 2.45) is 0 Å². The topological polar surface area (TPSA) is 80.0 Å². The first kappa shape index (κ1) is 24.1. The minimum Gasteiger partial charge on any atom is -0.426 e. The first-order valence-corrected chi connectivity index (χ1v) is 10.5. The normalized spacial score (nSPS) is 18.8. The lowest BCUT2D eigenvalue weighted by Gasteiger charge is -2.44. The molecule has 0 aliphatic carbocycles. The van der Waals surface area contributed by atoms with Gasteiger partial charge in [-0.1, -0.05) is 0 Å². The summed E-state index contributed by atoms with van der Waals surface area (Å²) in [6, 6.07) is 3.39. The predicted molar refractivity (Wildman–Crippen MR) is 104 cm³/mol. The quantitative estimate of drug-likeness (QED) is 0.596. The maximum Gasteiger partial charge on any atom is 0.434 e. The van der Waals surface area contributed by atoms with Crippen LogP contribution >= 0.6 is 0 Å². The molecule has 0 atom stereocenters. The van der Waals surface area contributed by atoms with Crippen LogP contribution in [0.4, 0.5) is 31.1 Å². The molecule has 0 N–H and O–H groups in total.